The van der Waals surface area contributed by atoms with Crippen LogP contribution in [0.25, 0.3) is 0 Å². The minimum atomic E-state index is -0.144. The molecule has 1 aromatic heterocycles. The van der Waals surface area contributed by atoms with Crippen LogP contribution in [0.5, 0.6) is 0 Å². The minimum absolute atomic E-state index is 0.0156. The summed E-state index contributed by atoms with van der Waals surface area (Å²) >= 11 is 10.3. The Morgan fingerprint density at radius 3 is 2.92 bits per heavy atom. The number of alkyl halides is 1. The fraction of sp³-hybridized carbons (Fsp3) is 0.286. The summed E-state index contributed by atoms with van der Waals surface area (Å²) in [5.74, 6) is -0.128. The largest absolute Gasteiger partial charge is 0.351 e. The van der Waals surface area contributed by atoms with Gasteiger partial charge in [0, 0.05) is 16.4 Å². The summed E-state index contributed by atoms with van der Waals surface area (Å²) in [6.07, 6.45) is 0. The molecule has 12 heavy (non-hydrogen) atoms. The Morgan fingerprint density at radius 2 is 2.42 bits per heavy atom. The Balaban J connectivity index is 2.43. The molecule has 1 N–H and O–H groups in total. The van der Waals surface area contributed by atoms with E-state index < -0.39 is 0 Å². The molecule has 1 heterocycles. The highest BCUT2D eigenvalue weighted by atomic mass is 79.9. The van der Waals surface area contributed by atoms with Crippen LogP contribution in [0.2, 0.25) is 0 Å². The van der Waals surface area contributed by atoms with Crippen molar-refractivity contribution in [1.29, 1.82) is 0 Å². The van der Waals surface area contributed by atoms with E-state index in [1.54, 1.807) is 11.3 Å². The van der Waals surface area contributed by atoms with Crippen LogP contribution in [-0.4, -0.2) is 11.8 Å². The average Bonchev–Trinajstić information content (AvgIpc) is 2.47. The maximum atomic E-state index is 10.8. The summed E-state index contributed by atoms with van der Waals surface area (Å²) in [5, 5.41) is 6.64. The lowest BCUT2D eigenvalue weighted by molar-refractivity contribution is -0.118. The van der Waals surface area contributed by atoms with Crippen molar-refractivity contribution >= 4 is 44.8 Å². The third-order valence-corrected chi connectivity index (χ3v) is 3.36. The van der Waals surface area contributed by atoms with Crippen molar-refractivity contribution in [2.75, 3.05) is 5.88 Å². The van der Waals surface area contributed by atoms with Gasteiger partial charge in [0.2, 0.25) is 5.91 Å². The van der Waals surface area contributed by atoms with Gasteiger partial charge in [-0.3, -0.25) is 4.79 Å². The van der Waals surface area contributed by atoms with Gasteiger partial charge in [-0.1, -0.05) is 0 Å². The van der Waals surface area contributed by atoms with Gasteiger partial charge in [0.25, 0.3) is 0 Å². The maximum absolute atomic E-state index is 10.8. The van der Waals surface area contributed by atoms with E-state index in [-0.39, 0.29) is 11.8 Å². The molecule has 0 fully saturated rings. The summed E-state index contributed by atoms with van der Waals surface area (Å²) in [6.45, 7) is 0.537. The molecule has 66 valence electrons. The van der Waals surface area contributed by atoms with Gasteiger partial charge in [-0.15, -0.1) is 11.6 Å². The normalized spacial score (nSPS) is 9.83. The summed E-state index contributed by atoms with van der Waals surface area (Å²) < 4.78 is 1.03. The average molecular weight is 269 g/mol. The molecule has 0 aromatic carbocycles. The van der Waals surface area contributed by atoms with E-state index in [9.17, 15) is 4.79 Å². The topological polar surface area (TPSA) is 29.1 Å². The molecule has 1 amide bonds. The second-order valence-corrected chi connectivity index (χ2v) is 4.02. The lowest BCUT2D eigenvalue weighted by Crippen LogP contribution is -2.23. The van der Waals surface area contributed by atoms with Crippen LogP contribution < -0.4 is 5.32 Å². The van der Waals surface area contributed by atoms with Crippen LogP contribution in [0.3, 0.4) is 0 Å². The molecule has 5 heteroatoms. The van der Waals surface area contributed by atoms with E-state index in [0.717, 1.165) is 10.0 Å². The van der Waals surface area contributed by atoms with Gasteiger partial charge in [0.15, 0.2) is 0 Å². The van der Waals surface area contributed by atoms with Gasteiger partial charge in [-0.2, -0.15) is 11.3 Å². The van der Waals surface area contributed by atoms with Crippen LogP contribution >= 0.6 is 38.9 Å². The SMILES string of the molecule is O=C(CCl)NCc1cscc1Br. The summed E-state index contributed by atoms with van der Waals surface area (Å²) in [7, 11) is 0. The molecule has 0 aliphatic rings. The number of hydrogen-bond donors (Lipinski definition) is 1. The lowest BCUT2D eigenvalue weighted by Gasteiger charge is -2.00. The Morgan fingerprint density at radius 1 is 1.67 bits per heavy atom. The van der Waals surface area contributed by atoms with Gasteiger partial charge in [0.1, 0.15) is 5.88 Å². The predicted octanol–water partition coefficient (Wildman–Crippen LogP) is 2.37. The summed E-state index contributed by atoms with van der Waals surface area (Å²) in [6, 6.07) is 0. The van der Waals surface area contributed by atoms with Gasteiger partial charge >= 0.3 is 0 Å². The van der Waals surface area contributed by atoms with Crippen LogP contribution in [-0.2, 0) is 11.3 Å². The van der Waals surface area contributed by atoms with Crippen molar-refractivity contribution in [2.45, 2.75) is 6.54 Å². The van der Waals surface area contributed by atoms with Gasteiger partial charge in [-0.25, -0.2) is 0 Å². The van der Waals surface area contributed by atoms with E-state index in [0.29, 0.717) is 6.54 Å². The molecule has 0 atom stereocenters. The second kappa shape index (κ2) is 4.84. The van der Waals surface area contributed by atoms with E-state index in [1.807, 2.05) is 10.8 Å². The van der Waals surface area contributed by atoms with Crippen molar-refractivity contribution < 1.29 is 4.79 Å². The van der Waals surface area contributed by atoms with Crippen LogP contribution in [0, 0.1) is 0 Å². The quantitative estimate of drug-likeness (QED) is 0.838. The smallest absolute Gasteiger partial charge is 0.235 e. The van der Waals surface area contributed by atoms with Crippen molar-refractivity contribution in [3.05, 3.63) is 20.8 Å². The lowest BCUT2D eigenvalue weighted by atomic mass is 10.3. The molecular formula is C7H7BrClNOS. The third-order valence-electron chi connectivity index (χ3n) is 1.29. The zero-order valence-corrected chi connectivity index (χ0v) is 9.30. The molecule has 0 spiro atoms. The molecule has 0 aliphatic heterocycles. The fourth-order valence-corrected chi connectivity index (χ4v) is 2.21. The molecule has 0 radical (unpaired) electrons. The first-order chi connectivity index (χ1) is 5.74. The zero-order chi connectivity index (χ0) is 8.97. The van der Waals surface area contributed by atoms with Crippen LogP contribution in [0.4, 0.5) is 0 Å². The number of amides is 1. The fourth-order valence-electron chi connectivity index (χ4n) is 0.675. The van der Waals surface area contributed by atoms with Gasteiger partial charge < -0.3 is 5.32 Å². The molecule has 0 saturated heterocycles. The standard InChI is InChI=1S/C7H7BrClNOS/c8-6-4-12-3-5(6)2-10-7(11)1-9/h3-4H,1-2H2,(H,10,11). The highest BCUT2D eigenvalue weighted by Crippen LogP contribution is 2.20. The number of nitrogens with one attached hydrogen (secondary N) is 1. The predicted molar refractivity (Wildman–Crippen MR) is 54.6 cm³/mol. The first-order valence-corrected chi connectivity index (χ1v) is 5.54. The van der Waals surface area contributed by atoms with Crippen molar-refractivity contribution in [3.8, 4) is 0 Å². The number of halogens is 2. The number of hydrogen-bond acceptors (Lipinski definition) is 2. The van der Waals surface area contributed by atoms with Crippen LogP contribution in [0.15, 0.2) is 15.2 Å². The number of carbonyl (C=O) groups excluding carboxylic acids is 1. The van der Waals surface area contributed by atoms with Crippen molar-refractivity contribution in [3.63, 3.8) is 0 Å². The van der Waals surface area contributed by atoms with E-state index in [1.165, 1.54) is 0 Å². The van der Waals surface area contributed by atoms with Crippen LogP contribution in [0.1, 0.15) is 5.56 Å². The number of rotatable bonds is 3. The Bertz CT molecular complexity index is 276. The Hall–Kier alpha value is -0.0600. The Labute approximate surface area is 88.0 Å². The highest BCUT2D eigenvalue weighted by molar-refractivity contribution is 9.10. The van der Waals surface area contributed by atoms with E-state index in [2.05, 4.69) is 21.2 Å². The molecule has 0 unspecified atom stereocenters. The maximum Gasteiger partial charge on any atom is 0.235 e. The molecule has 1 rings (SSSR count). The molecule has 1 aromatic rings. The molecule has 0 aliphatic carbocycles. The first kappa shape index (κ1) is 10.0. The number of carbonyl (C=O) groups is 1. The molecule has 0 bridgehead atoms. The van der Waals surface area contributed by atoms with E-state index >= 15 is 0 Å². The van der Waals surface area contributed by atoms with Gasteiger partial charge in [-0.05, 0) is 26.9 Å². The zero-order valence-electron chi connectivity index (χ0n) is 6.14. The molecule has 0 saturated carbocycles. The second-order valence-electron chi connectivity index (χ2n) is 2.16. The third kappa shape index (κ3) is 2.77. The van der Waals surface area contributed by atoms with E-state index in [4.69, 9.17) is 11.6 Å². The summed E-state index contributed by atoms with van der Waals surface area (Å²) in [5.41, 5.74) is 1.08. The highest BCUT2D eigenvalue weighted by Gasteiger charge is 2.02. The Kier molecular flexibility index (Phi) is 4.05. The van der Waals surface area contributed by atoms with Crippen molar-refractivity contribution in [1.82, 2.24) is 5.32 Å². The van der Waals surface area contributed by atoms with Gasteiger partial charge in [0.05, 0.1) is 0 Å². The first-order valence-electron chi connectivity index (χ1n) is 3.27. The molecule has 2 nitrogen and oxygen atoms in total. The summed E-state index contributed by atoms with van der Waals surface area (Å²) in [4.78, 5) is 10.8. The minimum Gasteiger partial charge on any atom is -0.351 e. The van der Waals surface area contributed by atoms with Crippen molar-refractivity contribution in [2.24, 2.45) is 0 Å². The number of thiophene rings is 1. The molecular weight excluding hydrogens is 262 g/mol. The monoisotopic (exact) mass is 267 g/mol.